The minimum atomic E-state index is -1.22. The molecule has 0 spiro atoms. The van der Waals surface area contributed by atoms with Crippen LogP contribution in [0.1, 0.15) is 35.7 Å². The standard InChI is InChI=1S/C23H24N2O6S/c1-4-5-10-31-18-9-6-14(11-19(18)30-3)12-20-21(27)25(2)23(32-20)24-17-8-7-15(26)13-16(17)22(28)29/h6-9,11-13,26H,4-5,10H2,1-3H3,(H,28,29)/b20-12-,24-23?. The molecule has 1 heterocycles. The molecule has 1 saturated heterocycles. The zero-order valence-electron chi connectivity index (χ0n) is 18.0. The van der Waals surface area contributed by atoms with Crippen molar-refractivity contribution in [1.82, 2.24) is 4.90 Å². The summed E-state index contributed by atoms with van der Waals surface area (Å²) in [4.78, 5) is 30.3. The molecule has 1 amide bonds. The summed E-state index contributed by atoms with van der Waals surface area (Å²) >= 11 is 1.14. The highest BCUT2D eigenvalue weighted by atomic mass is 32.2. The van der Waals surface area contributed by atoms with Gasteiger partial charge in [-0.25, -0.2) is 9.79 Å². The highest BCUT2D eigenvalue weighted by Crippen LogP contribution is 2.36. The lowest BCUT2D eigenvalue weighted by atomic mass is 10.1. The molecule has 0 bridgehead atoms. The molecule has 0 radical (unpaired) electrons. The van der Waals surface area contributed by atoms with Crippen LogP contribution in [0.4, 0.5) is 5.69 Å². The van der Waals surface area contributed by atoms with Crippen molar-refractivity contribution in [3.63, 3.8) is 0 Å². The average molecular weight is 457 g/mol. The van der Waals surface area contributed by atoms with E-state index in [0.29, 0.717) is 28.2 Å². The van der Waals surface area contributed by atoms with Crippen molar-refractivity contribution < 1.29 is 29.3 Å². The summed E-state index contributed by atoms with van der Waals surface area (Å²) in [7, 11) is 3.13. The Bertz CT molecular complexity index is 1100. The van der Waals surface area contributed by atoms with Crippen LogP contribution in [-0.2, 0) is 4.79 Å². The van der Waals surface area contributed by atoms with Crippen LogP contribution in [0, 0.1) is 0 Å². The van der Waals surface area contributed by atoms with Crippen LogP contribution < -0.4 is 9.47 Å². The third-order valence-corrected chi connectivity index (χ3v) is 5.73. The summed E-state index contributed by atoms with van der Waals surface area (Å²) in [6, 6.07) is 9.30. The number of aromatic carboxylic acids is 1. The number of benzene rings is 2. The Morgan fingerprint density at radius 2 is 2.00 bits per heavy atom. The number of aliphatic imine (C=N–C) groups is 1. The number of rotatable bonds is 8. The minimum Gasteiger partial charge on any atom is -0.508 e. The molecule has 0 saturated carbocycles. The second-order valence-electron chi connectivity index (χ2n) is 6.99. The van der Waals surface area contributed by atoms with Gasteiger partial charge in [0, 0.05) is 7.05 Å². The number of likely N-dealkylation sites (N-methyl/N-ethyl adjacent to an activating group) is 1. The maximum absolute atomic E-state index is 12.7. The number of hydrogen-bond donors (Lipinski definition) is 2. The number of amides is 1. The van der Waals surface area contributed by atoms with Gasteiger partial charge in [-0.15, -0.1) is 0 Å². The lowest BCUT2D eigenvalue weighted by Gasteiger charge is -2.11. The molecule has 9 heteroatoms. The lowest BCUT2D eigenvalue weighted by molar-refractivity contribution is -0.121. The molecule has 168 valence electrons. The molecule has 3 rings (SSSR count). The first kappa shape index (κ1) is 23.2. The predicted molar refractivity (Wildman–Crippen MR) is 124 cm³/mol. The van der Waals surface area contributed by atoms with Gasteiger partial charge in [-0.3, -0.25) is 9.69 Å². The van der Waals surface area contributed by atoms with Gasteiger partial charge in [-0.2, -0.15) is 0 Å². The largest absolute Gasteiger partial charge is 0.508 e. The van der Waals surface area contributed by atoms with Gasteiger partial charge < -0.3 is 19.7 Å². The highest BCUT2D eigenvalue weighted by Gasteiger charge is 2.31. The average Bonchev–Trinajstić information content (AvgIpc) is 3.03. The number of phenols is 1. The molecule has 1 aliphatic heterocycles. The number of ether oxygens (including phenoxy) is 2. The van der Waals surface area contributed by atoms with Gasteiger partial charge >= 0.3 is 5.97 Å². The Balaban J connectivity index is 1.87. The van der Waals surface area contributed by atoms with Gasteiger partial charge in [0.15, 0.2) is 16.7 Å². The number of methoxy groups -OCH3 is 1. The zero-order chi connectivity index (χ0) is 23.3. The van der Waals surface area contributed by atoms with E-state index in [-0.39, 0.29) is 22.9 Å². The Labute approximate surface area is 190 Å². The molecule has 0 aromatic heterocycles. The number of carboxylic acid groups (broad SMARTS) is 1. The van der Waals surface area contributed by atoms with E-state index < -0.39 is 5.97 Å². The minimum absolute atomic E-state index is 0.147. The van der Waals surface area contributed by atoms with Crippen molar-refractivity contribution in [3.8, 4) is 17.2 Å². The predicted octanol–water partition coefficient (Wildman–Crippen LogP) is 4.51. The Kier molecular flexibility index (Phi) is 7.42. The first-order valence-corrected chi connectivity index (χ1v) is 10.8. The molecule has 2 aromatic rings. The number of phenolic OH excluding ortho intramolecular Hbond substituents is 1. The number of carboxylic acids is 1. The van der Waals surface area contributed by atoms with E-state index >= 15 is 0 Å². The normalized spacial score (nSPS) is 16.1. The van der Waals surface area contributed by atoms with Crippen LogP contribution in [0.3, 0.4) is 0 Å². The monoisotopic (exact) mass is 456 g/mol. The maximum atomic E-state index is 12.7. The smallest absolute Gasteiger partial charge is 0.338 e. The summed E-state index contributed by atoms with van der Waals surface area (Å²) in [6.07, 6.45) is 3.69. The molecule has 2 N–H and O–H groups in total. The van der Waals surface area contributed by atoms with Gasteiger partial charge in [0.25, 0.3) is 5.91 Å². The second kappa shape index (κ2) is 10.2. The Morgan fingerprint density at radius 3 is 2.69 bits per heavy atom. The molecule has 1 aliphatic rings. The summed E-state index contributed by atoms with van der Waals surface area (Å²) in [5.41, 5.74) is 0.750. The number of aromatic hydroxyl groups is 1. The number of nitrogens with zero attached hydrogens (tertiary/aromatic N) is 2. The Morgan fingerprint density at radius 1 is 1.22 bits per heavy atom. The van der Waals surface area contributed by atoms with E-state index in [1.54, 1.807) is 32.4 Å². The van der Waals surface area contributed by atoms with E-state index in [0.717, 1.165) is 36.2 Å². The quantitative estimate of drug-likeness (QED) is 0.444. The number of unbranched alkanes of at least 4 members (excludes halogenated alkanes) is 1. The zero-order valence-corrected chi connectivity index (χ0v) is 18.8. The molecule has 0 unspecified atom stereocenters. The second-order valence-corrected chi connectivity index (χ2v) is 8.00. The molecule has 32 heavy (non-hydrogen) atoms. The van der Waals surface area contributed by atoms with E-state index in [4.69, 9.17) is 9.47 Å². The molecule has 1 fully saturated rings. The van der Waals surface area contributed by atoms with Crippen molar-refractivity contribution >= 4 is 40.6 Å². The lowest BCUT2D eigenvalue weighted by Crippen LogP contribution is -2.23. The van der Waals surface area contributed by atoms with E-state index in [2.05, 4.69) is 11.9 Å². The van der Waals surface area contributed by atoms with Crippen LogP contribution in [0.15, 0.2) is 46.3 Å². The van der Waals surface area contributed by atoms with Crippen molar-refractivity contribution in [2.45, 2.75) is 19.8 Å². The third-order valence-electron chi connectivity index (χ3n) is 4.67. The summed E-state index contributed by atoms with van der Waals surface area (Å²) in [6.45, 7) is 2.69. The van der Waals surface area contributed by atoms with Crippen LogP contribution in [0.25, 0.3) is 6.08 Å². The summed E-state index contributed by atoms with van der Waals surface area (Å²) < 4.78 is 11.2. The topological polar surface area (TPSA) is 109 Å². The van der Waals surface area contributed by atoms with Gasteiger partial charge in [-0.1, -0.05) is 19.4 Å². The van der Waals surface area contributed by atoms with E-state index in [1.807, 2.05) is 6.07 Å². The fraction of sp³-hybridized carbons (Fsp3) is 0.261. The van der Waals surface area contributed by atoms with Crippen molar-refractivity contribution in [1.29, 1.82) is 0 Å². The van der Waals surface area contributed by atoms with Gasteiger partial charge in [0.05, 0.1) is 29.9 Å². The van der Waals surface area contributed by atoms with Crippen LogP contribution in [0.2, 0.25) is 0 Å². The molecule has 8 nitrogen and oxygen atoms in total. The van der Waals surface area contributed by atoms with Crippen molar-refractivity contribution in [2.75, 3.05) is 20.8 Å². The van der Waals surface area contributed by atoms with Crippen LogP contribution in [0.5, 0.6) is 17.2 Å². The number of carbonyl (C=O) groups excluding carboxylic acids is 1. The van der Waals surface area contributed by atoms with Crippen molar-refractivity contribution in [2.24, 2.45) is 4.99 Å². The first-order valence-electron chi connectivity index (χ1n) is 9.97. The third kappa shape index (κ3) is 5.23. The number of amidine groups is 1. The summed E-state index contributed by atoms with van der Waals surface area (Å²) in [5, 5.41) is 19.3. The van der Waals surface area contributed by atoms with Crippen LogP contribution >= 0.6 is 11.8 Å². The molecular formula is C23H24N2O6S. The fourth-order valence-electron chi connectivity index (χ4n) is 2.92. The number of hydrogen-bond acceptors (Lipinski definition) is 7. The highest BCUT2D eigenvalue weighted by molar-refractivity contribution is 8.18. The number of thioether (sulfide) groups is 1. The maximum Gasteiger partial charge on any atom is 0.338 e. The fourth-order valence-corrected chi connectivity index (χ4v) is 3.90. The van der Waals surface area contributed by atoms with Gasteiger partial charge in [-0.05, 0) is 60.2 Å². The Hall–Kier alpha value is -3.46. The SMILES string of the molecule is CCCCOc1ccc(/C=C2\SC(=Nc3ccc(O)cc3C(=O)O)N(C)C2=O)cc1OC. The van der Waals surface area contributed by atoms with Gasteiger partial charge in [0.1, 0.15) is 5.75 Å². The van der Waals surface area contributed by atoms with Crippen LogP contribution in [-0.4, -0.2) is 52.9 Å². The van der Waals surface area contributed by atoms with E-state index in [9.17, 15) is 19.8 Å². The first-order chi connectivity index (χ1) is 15.3. The summed E-state index contributed by atoms with van der Waals surface area (Å²) in [5.74, 6) is -0.441. The molecular weight excluding hydrogens is 432 g/mol. The van der Waals surface area contributed by atoms with Gasteiger partial charge in [0.2, 0.25) is 0 Å². The van der Waals surface area contributed by atoms with E-state index in [1.165, 1.54) is 17.0 Å². The molecule has 2 aromatic carbocycles. The molecule has 0 aliphatic carbocycles. The van der Waals surface area contributed by atoms with Crippen molar-refractivity contribution in [3.05, 3.63) is 52.4 Å². The molecule has 0 atom stereocenters. The number of carbonyl (C=O) groups is 2.